The summed E-state index contributed by atoms with van der Waals surface area (Å²) >= 11 is 0. The molecular weight excluding hydrogens is 144 g/mol. The molecule has 0 nitrogen and oxygen atoms in total. The molecule has 0 aromatic carbocycles. The summed E-state index contributed by atoms with van der Waals surface area (Å²) in [5.41, 5.74) is 1.85. The molecule has 0 aromatic heterocycles. The van der Waals surface area contributed by atoms with Gasteiger partial charge in [0.15, 0.2) is 0 Å². The molecule has 0 N–H and O–H groups in total. The first-order valence-corrected chi connectivity index (χ1v) is 5.66. The van der Waals surface area contributed by atoms with Crippen molar-refractivity contribution in [3.63, 3.8) is 0 Å². The summed E-state index contributed by atoms with van der Waals surface area (Å²) in [4.78, 5) is 0. The Bertz CT molecular complexity index is 202. The number of hydrogen-bond acceptors (Lipinski definition) is 0. The van der Waals surface area contributed by atoms with Crippen LogP contribution in [-0.4, -0.2) is 0 Å². The van der Waals surface area contributed by atoms with Crippen LogP contribution in [0.3, 0.4) is 0 Å². The topological polar surface area (TPSA) is 0 Å². The largest absolute Gasteiger partial charge is 0.0850 e. The number of fused-ring (bicyclic) bond motifs is 1. The molecule has 0 heteroatoms. The van der Waals surface area contributed by atoms with Gasteiger partial charge in [0, 0.05) is 0 Å². The Morgan fingerprint density at radius 2 is 1.75 bits per heavy atom. The lowest BCUT2D eigenvalue weighted by Crippen LogP contribution is -1.91. The van der Waals surface area contributed by atoms with Crippen molar-refractivity contribution in [2.45, 2.75) is 44.9 Å². The van der Waals surface area contributed by atoms with Crippen LogP contribution < -0.4 is 0 Å². The molecule has 2 fully saturated rings. The van der Waals surface area contributed by atoms with Gasteiger partial charge in [0.1, 0.15) is 0 Å². The van der Waals surface area contributed by atoms with E-state index in [1.807, 2.05) is 5.57 Å². The number of rotatable bonds is 1. The zero-order chi connectivity index (χ0) is 7.97. The fourth-order valence-corrected chi connectivity index (χ4v) is 3.54. The molecule has 0 radical (unpaired) electrons. The van der Waals surface area contributed by atoms with Crippen molar-refractivity contribution >= 4 is 0 Å². The lowest BCUT2D eigenvalue weighted by atomic mass is 10.0. The highest BCUT2D eigenvalue weighted by molar-refractivity contribution is 5.22. The lowest BCUT2D eigenvalue weighted by Gasteiger charge is -2.04. The average Bonchev–Trinajstić information content (AvgIpc) is 2.58. The van der Waals surface area contributed by atoms with E-state index in [0.29, 0.717) is 0 Å². The lowest BCUT2D eigenvalue weighted by molar-refractivity contribution is 0.480. The zero-order valence-corrected chi connectivity index (χ0v) is 7.76. The summed E-state index contributed by atoms with van der Waals surface area (Å²) < 4.78 is 0. The van der Waals surface area contributed by atoms with Gasteiger partial charge in [0.05, 0.1) is 0 Å². The Morgan fingerprint density at radius 3 is 2.33 bits per heavy atom. The summed E-state index contributed by atoms with van der Waals surface area (Å²) in [6.07, 6.45) is 13.0. The van der Waals surface area contributed by atoms with Crippen molar-refractivity contribution in [1.29, 1.82) is 0 Å². The molecule has 3 rings (SSSR count). The van der Waals surface area contributed by atoms with Gasteiger partial charge < -0.3 is 0 Å². The first-order valence-electron chi connectivity index (χ1n) is 5.66. The van der Waals surface area contributed by atoms with E-state index in [9.17, 15) is 0 Å². The quantitative estimate of drug-likeness (QED) is 0.517. The highest BCUT2D eigenvalue weighted by atomic mass is 14.6. The third kappa shape index (κ3) is 0.967. The minimum Gasteiger partial charge on any atom is -0.0850 e. The molecule has 3 aliphatic rings. The van der Waals surface area contributed by atoms with Crippen LogP contribution in [0.1, 0.15) is 44.9 Å². The minimum absolute atomic E-state index is 1.08. The molecule has 0 heterocycles. The predicted octanol–water partition coefficient (Wildman–Crippen LogP) is 3.53. The first kappa shape index (κ1) is 7.17. The molecule has 3 aliphatic carbocycles. The SMILES string of the molecule is C1=C(C2[C@@H]3CCCC[C@@H]23)CCC1. The van der Waals surface area contributed by atoms with Gasteiger partial charge in [0.25, 0.3) is 0 Å². The Kier molecular flexibility index (Phi) is 1.56. The smallest absolute Gasteiger partial charge is 0.0141 e. The fraction of sp³-hybridized carbons (Fsp3) is 0.833. The van der Waals surface area contributed by atoms with Crippen LogP contribution in [0, 0.1) is 17.8 Å². The van der Waals surface area contributed by atoms with E-state index in [-0.39, 0.29) is 0 Å². The second-order valence-electron chi connectivity index (χ2n) is 4.81. The standard InChI is InChI=1S/C12H18/c1-2-6-9(5-1)12-10-7-3-4-8-11(10)12/h5,10-12H,1-4,6-8H2/t10-,11-/m1/s1. The Labute approximate surface area is 75.0 Å². The maximum absolute atomic E-state index is 2.54. The van der Waals surface area contributed by atoms with Crippen LogP contribution in [0.25, 0.3) is 0 Å². The third-order valence-electron chi connectivity index (χ3n) is 4.16. The van der Waals surface area contributed by atoms with Gasteiger partial charge >= 0.3 is 0 Å². The minimum atomic E-state index is 1.08. The van der Waals surface area contributed by atoms with Gasteiger partial charge in [-0.2, -0.15) is 0 Å². The first-order chi connectivity index (χ1) is 5.97. The van der Waals surface area contributed by atoms with Crippen molar-refractivity contribution in [1.82, 2.24) is 0 Å². The highest BCUT2D eigenvalue weighted by Crippen LogP contribution is 2.60. The van der Waals surface area contributed by atoms with Crippen LogP contribution in [0.4, 0.5) is 0 Å². The Morgan fingerprint density at radius 1 is 1.00 bits per heavy atom. The highest BCUT2D eigenvalue weighted by Gasteiger charge is 2.51. The van der Waals surface area contributed by atoms with Crippen LogP contribution in [0.2, 0.25) is 0 Å². The third-order valence-corrected chi connectivity index (χ3v) is 4.16. The van der Waals surface area contributed by atoms with E-state index in [2.05, 4.69) is 6.08 Å². The molecule has 2 atom stereocenters. The number of allylic oxidation sites excluding steroid dienone is 2. The van der Waals surface area contributed by atoms with Gasteiger partial charge in [-0.1, -0.05) is 24.5 Å². The Hall–Kier alpha value is -0.260. The molecule has 0 bridgehead atoms. The van der Waals surface area contributed by atoms with E-state index in [1.54, 1.807) is 12.8 Å². The molecule has 12 heavy (non-hydrogen) atoms. The monoisotopic (exact) mass is 162 g/mol. The molecule has 0 spiro atoms. The van der Waals surface area contributed by atoms with Gasteiger partial charge in [-0.25, -0.2) is 0 Å². The van der Waals surface area contributed by atoms with Crippen molar-refractivity contribution < 1.29 is 0 Å². The predicted molar refractivity (Wildman–Crippen MR) is 50.9 cm³/mol. The van der Waals surface area contributed by atoms with Crippen LogP contribution in [-0.2, 0) is 0 Å². The second-order valence-corrected chi connectivity index (χ2v) is 4.81. The van der Waals surface area contributed by atoms with Crippen LogP contribution in [0.5, 0.6) is 0 Å². The molecule has 0 amide bonds. The summed E-state index contributed by atoms with van der Waals surface area (Å²) in [6.45, 7) is 0. The van der Waals surface area contributed by atoms with E-state index in [0.717, 1.165) is 17.8 Å². The van der Waals surface area contributed by atoms with E-state index in [1.165, 1.54) is 32.1 Å². The average molecular weight is 162 g/mol. The molecule has 0 unspecified atom stereocenters. The van der Waals surface area contributed by atoms with Crippen molar-refractivity contribution in [3.05, 3.63) is 11.6 Å². The summed E-state index contributed by atoms with van der Waals surface area (Å²) in [5.74, 6) is 3.36. The van der Waals surface area contributed by atoms with E-state index >= 15 is 0 Å². The van der Waals surface area contributed by atoms with Crippen LogP contribution >= 0.6 is 0 Å². The van der Waals surface area contributed by atoms with Gasteiger partial charge in [-0.05, 0) is 49.9 Å². The summed E-state index contributed by atoms with van der Waals surface area (Å²) in [5, 5.41) is 0. The molecule has 2 saturated carbocycles. The van der Waals surface area contributed by atoms with E-state index < -0.39 is 0 Å². The zero-order valence-electron chi connectivity index (χ0n) is 7.76. The maximum atomic E-state index is 2.54. The van der Waals surface area contributed by atoms with Crippen molar-refractivity contribution in [2.75, 3.05) is 0 Å². The molecule has 0 saturated heterocycles. The molecular formula is C12H18. The molecule has 0 aromatic rings. The Balaban J connectivity index is 1.71. The second kappa shape index (κ2) is 2.61. The summed E-state index contributed by atoms with van der Waals surface area (Å²) in [6, 6.07) is 0. The summed E-state index contributed by atoms with van der Waals surface area (Å²) in [7, 11) is 0. The maximum Gasteiger partial charge on any atom is -0.0141 e. The fourth-order valence-electron chi connectivity index (χ4n) is 3.54. The number of hydrogen-bond donors (Lipinski definition) is 0. The van der Waals surface area contributed by atoms with Crippen LogP contribution in [0.15, 0.2) is 11.6 Å². The van der Waals surface area contributed by atoms with Gasteiger partial charge in [-0.15, -0.1) is 0 Å². The van der Waals surface area contributed by atoms with E-state index in [4.69, 9.17) is 0 Å². The van der Waals surface area contributed by atoms with Crippen molar-refractivity contribution in [3.8, 4) is 0 Å². The van der Waals surface area contributed by atoms with Crippen molar-refractivity contribution in [2.24, 2.45) is 17.8 Å². The molecule has 66 valence electrons. The molecule has 0 aliphatic heterocycles. The van der Waals surface area contributed by atoms with Gasteiger partial charge in [0.2, 0.25) is 0 Å². The van der Waals surface area contributed by atoms with Gasteiger partial charge in [-0.3, -0.25) is 0 Å². The normalized spacial score (nSPS) is 45.3.